The van der Waals surface area contributed by atoms with Crippen molar-refractivity contribution in [1.29, 1.82) is 0 Å². The zero-order chi connectivity index (χ0) is 24.3. The van der Waals surface area contributed by atoms with Gasteiger partial charge < -0.3 is 14.5 Å². The third kappa shape index (κ3) is 5.00. The van der Waals surface area contributed by atoms with Crippen LogP contribution in [0.2, 0.25) is 0 Å². The van der Waals surface area contributed by atoms with Gasteiger partial charge in [0.25, 0.3) is 5.56 Å². The molecule has 0 aliphatic carbocycles. The van der Waals surface area contributed by atoms with E-state index in [9.17, 15) is 4.79 Å². The third-order valence-electron chi connectivity index (χ3n) is 7.02. The quantitative estimate of drug-likeness (QED) is 0.483. The Morgan fingerprint density at radius 2 is 2.15 bits per heavy atom. The summed E-state index contributed by atoms with van der Waals surface area (Å²) in [4.78, 5) is 18.4. The van der Waals surface area contributed by atoms with Crippen molar-refractivity contribution in [1.82, 2.24) is 30.1 Å². The number of nitrogens with one attached hydrogen (secondary N) is 1. The number of H-pyrrole nitrogens is 1. The Labute approximate surface area is 200 Å². The fourth-order valence-corrected chi connectivity index (χ4v) is 4.63. The molecule has 1 aliphatic heterocycles. The number of aromatic nitrogens is 5. The van der Waals surface area contributed by atoms with Crippen molar-refractivity contribution in [2.75, 3.05) is 20.3 Å². The van der Waals surface area contributed by atoms with Gasteiger partial charge in [0.2, 0.25) is 0 Å². The Kier molecular flexibility index (Phi) is 7.33. The lowest BCUT2D eigenvalue weighted by Gasteiger charge is -2.34. The van der Waals surface area contributed by atoms with E-state index in [0.29, 0.717) is 18.7 Å². The highest BCUT2D eigenvalue weighted by atomic mass is 16.5. The fraction of sp³-hybridized carbons (Fsp3) is 0.600. The molecule has 3 aromatic rings. The Hall–Kier alpha value is -2.78. The van der Waals surface area contributed by atoms with Crippen LogP contribution in [0.25, 0.3) is 10.9 Å². The largest absolute Gasteiger partial charge is 0.497 e. The molecule has 34 heavy (non-hydrogen) atoms. The smallest absolute Gasteiger partial charge is 0.252 e. The van der Waals surface area contributed by atoms with E-state index in [1.807, 2.05) is 28.9 Å². The molecule has 9 nitrogen and oxygen atoms in total. The molecule has 2 aromatic heterocycles. The summed E-state index contributed by atoms with van der Waals surface area (Å²) in [6.07, 6.45) is 3.93. The van der Waals surface area contributed by atoms with Gasteiger partial charge in [-0.2, -0.15) is 0 Å². The molecule has 2 unspecified atom stereocenters. The molecular weight excluding hydrogens is 432 g/mol. The van der Waals surface area contributed by atoms with E-state index in [2.05, 4.69) is 53.1 Å². The minimum atomic E-state index is -0.210. The normalized spacial score (nSPS) is 17.5. The summed E-state index contributed by atoms with van der Waals surface area (Å²) in [5, 5.41) is 13.8. The van der Waals surface area contributed by atoms with E-state index in [-0.39, 0.29) is 23.2 Å². The molecule has 0 spiro atoms. The summed E-state index contributed by atoms with van der Waals surface area (Å²) in [6.45, 7) is 10.5. The molecule has 2 atom stereocenters. The topological polar surface area (TPSA) is 98.2 Å². The minimum absolute atomic E-state index is 0.0505. The summed E-state index contributed by atoms with van der Waals surface area (Å²) in [5.74, 6) is 1.58. The van der Waals surface area contributed by atoms with Crippen LogP contribution in [0.3, 0.4) is 0 Å². The van der Waals surface area contributed by atoms with Crippen molar-refractivity contribution in [3.8, 4) is 5.75 Å². The van der Waals surface area contributed by atoms with Crippen LogP contribution in [0.1, 0.15) is 70.8 Å². The monoisotopic (exact) mass is 468 g/mol. The van der Waals surface area contributed by atoms with Crippen molar-refractivity contribution in [3.63, 3.8) is 0 Å². The minimum Gasteiger partial charge on any atom is -0.497 e. The maximum atomic E-state index is 13.0. The number of fused-ring (bicyclic) bond motifs is 1. The van der Waals surface area contributed by atoms with E-state index in [0.717, 1.165) is 54.8 Å². The summed E-state index contributed by atoms with van der Waals surface area (Å²) in [7, 11) is 1.64. The van der Waals surface area contributed by atoms with Gasteiger partial charge in [0.15, 0.2) is 5.82 Å². The van der Waals surface area contributed by atoms with Crippen LogP contribution in [0, 0.1) is 0 Å². The number of hydrogen-bond donors (Lipinski definition) is 1. The highest BCUT2D eigenvalue weighted by molar-refractivity contribution is 5.80. The van der Waals surface area contributed by atoms with E-state index in [1.165, 1.54) is 0 Å². The van der Waals surface area contributed by atoms with Gasteiger partial charge in [-0.1, -0.05) is 13.8 Å². The van der Waals surface area contributed by atoms with E-state index in [1.54, 1.807) is 7.11 Å². The molecule has 9 heteroatoms. The van der Waals surface area contributed by atoms with Gasteiger partial charge in [0, 0.05) is 36.2 Å². The molecule has 184 valence electrons. The van der Waals surface area contributed by atoms with Gasteiger partial charge in [-0.25, -0.2) is 4.68 Å². The second-order valence-electron chi connectivity index (χ2n) is 9.68. The maximum absolute atomic E-state index is 13.0. The van der Waals surface area contributed by atoms with Gasteiger partial charge in [-0.15, -0.1) is 5.10 Å². The molecule has 1 fully saturated rings. The molecule has 4 rings (SSSR count). The lowest BCUT2D eigenvalue weighted by atomic mass is 10.0. The predicted molar refractivity (Wildman–Crippen MR) is 131 cm³/mol. The highest BCUT2D eigenvalue weighted by Crippen LogP contribution is 2.30. The van der Waals surface area contributed by atoms with Gasteiger partial charge >= 0.3 is 0 Å². The van der Waals surface area contributed by atoms with Crippen LogP contribution in [0.4, 0.5) is 0 Å². The number of aromatic amines is 1. The molecule has 1 aliphatic rings. The van der Waals surface area contributed by atoms with Crippen molar-refractivity contribution < 1.29 is 9.47 Å². The summed E-state index contributed by atoms with van der Waals surface area (Å²) in [5.41, 5.74) is 1.20. The molecule has 0 bridgehead atoms. The van der Waals surface area contributed by atoms with Crippen LogP contribution in [0.15, 0.2) is 29.1 Å². The molecule has 1 N–H and O–H groups in total. The number of tetrazole rings is 1. The van der Waals surface area contributed by atoms with Crippen LogP contribution in [-0.4, -0.2) is 56.5 Å². The average molecular weight is 469 g/mol. The summed E-state index contributed by atoms with van der Waals surface area (Å²) >= 11 is 0. The number of methoxy groups -OCH3 is 1. The van der Waals surface area contributed by atoms with E-state index in [4.69, 9.17) is 9.47 Å². The first-order valence-corrected chi connectivity index (χ1v) is 12.2. The van der Waals surface area contributed by atoms with Crippen molar-refractivity contribution in [2.24, 2.45) is 0 Å². The molecule has 0 radical (unpaired) electrons. The van der Waals surface area contributed by atoms with Gasteiger partial charge in [0.1, 0.15) is 5.75 Å². The first kappa shape index (κ1) is 24.3. The second-order valence-corrected chi connectivity index (χ2v) is 9.68. The van der Waals surface area contributed by atoms with Crippen molar-refractivity contribution in [2.45, 2.75) is 77.6 Å². The van der Waals surface area contributed by atoms with Crippen LogP contribution in [0.5, 0.6) is 5.75 Å². The van der Waals surface area contributed by atoms with Gasteiger partial charge in [-0.3, -0.25) is 9.69 Å². The number of rotatable bonds is 10. The molecule has 0 amide bonds. The molecular formula is C25H36N6O3. The summed E-state index contributed by atoms with van der Waals surface area (Å²) < 4.78 is 13.3. The SMILES string of the molecule is CCC(c1nnnn1C(C)(C)CC)N(Cc1cc2cc(OC)ccc2[nH]c1=O)CC1CCCO1. The fourth-order valence-electron chi connectivity index (χ4n) is 4.63. The highest BCUT2D eigenvalue weighted by Gasteiger charge is 2.32. The number of hydrogen-bond acceptors (Lipinski definition) is 7. The Bertz CT molecular complexity index is 1160. The van der Waals surface area contributed by atoms with Crippen molar-refractivity contribution in [3.05, 3.63) is 46.0 Å². The Morgan fingerprint density at radius 1 is 1.32 bits per heavy atom. The number of pyridine rings is 1. The van der Waals surface area contributed by atoms with E-state index >= 15 is 0 Å². The number of nitrogens with zero attached hydrogens (tertiary/aromatic N) is 5. The molecule has 0 saturated carbocycles. The van der Waals surface area contributed by atoms with Crippen LogP contribution >= 0.6 is 0 Å². The predicted octanol–water partition coefficient (Wildman–Crippen LogP) is 3.80. The standard InChI is InChI=1S/C25H36N6O3/c1-6-22(23-27-28-29-31(23)25(3,4)7-2)30(16-20-9-8-12-34-20)15-18-13-17-14-19(33-5)10-11-21(17)26-24(18)32/h10-11,13-14,20,22H,6-9,12,15-16H2,1-5H3,(H,26,32). The first-order valence-electron chi connectivity index (χ1n) is 12.2. The number of benzene rings is 1. The van der Waals surface area contributed by atoms with Crippen molar-refractivity contribution >= 4 is 10.9 Å². The lowest BCUT2D eigenvalue weighted by Crippen LogP contribution is -2.39. The third-order valence-corrected chi connectivity index (χ3v) is 7.02. The van der Waals surface area contributed by atoms with Gasteiger partial charge in [-0.05, 0) is 74.2 Å². The van der Waals surface area contributed by atoms with Crippen LogP contribution in [-0.2, 0) is 16.8 Å². The average Bonchev–Trinajstić information content (AvgIpc) is 3.52. The lowest BCUT2D eigenvalue weighted by molar-refractivity contribution is 0.0475. The Balaban J connectivity index is 1.72. The van der Waals surface area contributed by atoms with E-state index < -0.39 is 0 Å². The zero-order valence-corrected chi connectivity index (χ0v) is 20.9. The summed E-state index contributed by atoms with van der Waals surface area (Å²) in [6, 6.07) is 7.58. The maximum Gasteiger partial charge on any atom is 0.252 e. The molecule has 1 aromatic carbocycles. The zero-order valence-electron chi connectivity index (χ0n) is 20.9. The second kappa shape index (κ2) is 10.2. The van der Waals surface area contributed by atoms with Gasteiger partial charge in [0.05, 0.1) is 24.8 Å². The number of ether oxygens (including phenoxy) is 2. The first-order chi connectivity index (χ1) is 16.4. The molecule has 1 saturated heterocycles. The van der Waals surface area contributed by atoms with Crippen LogP contribution < -0.4 is 10.3 Å². The molecule has 3 heterocycles. The Morgan fingerprint density at radius 3 is 2.82 bits per heavy atom.